The number of hydrogen-bond acceptors (Lipinski definition) is 4. The Kier molecular flexibility index (Phi) is 5.81. The molecule has 0 bridgehead atoms. The summed E-state index contributed by atoms with van der Waals surface area (Å²) in [5.74, 6) is -0.0927. The van der Waals surface area contributed by atoms with Crippen molar-refractivity contribution in [3.63, 3.8) is 0 Å². The van der Waals surface area contributed by atoms with E-state index in [9.17, 15) is 14.4 Å². The van der Waals surface area contributed by atoms with Gasteiger partial charge in [-0.15, -0.1) is 11.8 Å². The van der Waals surface area contributed by atoms with Crippen LogP contribution < -0.4 is 11.1 Å². The summed E-state index contributed by atoms with van der Waals surface area (Å²) in [5.41, 5.74) is 0.410. The Morgan fingerprint density at radius 1 is 1.07 bits per heavy atom. The predicted octanol–water partition coefficient (Wildman–Crippen LogP) is 2.46. The van der Waals surface area contributed by atoms with E-state index in [2.05, 4.69) is 5.10 Å². The van der Waals surface area contributed by atoms with Crippen molar-refractivity contribution in [2.45, 2.75) is 24.4 Å². The van der Waals surface area contributed by atoms with Crippen LogP contribution in [-0.2, 0) is 17.9 Å². The number of aromatic nitrogens is 2. The van der Waals surface area contributed by atoms with Gasteiger partial charge in [-0.2, -0.15) is 0 Å². The molecule has 1 heterocycles. The van der Waals surface area contributed by atoms with Crippen LogP contribution in [0, 0.1) is 0 Å². The molecule has 0 fully saturated rings. The predicted molar refractivity (Wildman–Crippen MR) is 108 cm³/mol. The Hall–Kier alpha value is -2.80. The number of aromatic amines is 1. The maximum atomic E-state index is 12.5. The third-order valence-electron chi connectivity index (χ3n) is 4.44. The number of carbonyl (C=O) groups excluding carboxylic acids is 1. The van der Waals surface area contributed by atoms with Gasteiger partial charge in [-0.3, -0.25) is 19.5 Å². The quantitative estimate of drug-likeness (QED) is 0.664. The number of carbonyl (C=O) groups is 1. The zero-order valence-electron chi connectivity index (χ0n) is 15.3. The van der Waals surface area contributed by atoms with Crippen LogP contribution in [0.25, 0.3) is 10.8 Å². The lowest BCUT2D eigenvalue weighted by Crippen LogP contribution is -2.33. The minimum absolute atomic E-state index is 0.0927. The van der Waals surface area contributed by atoms with Gasteiger partial charge >= 0.3 is 0 Å². The highest BCUT2D eigenvalue weighted by atomic mass is 32.2. The number of benzene rings is 2. The Labute approximate surface area is 160 Å². The maximum Gasteiger partial charge on any atom is 0.273 e. The third kappa shape index (κ3) is 4.31. The molecule has 3 rings (SSSR count). The van der Waals surface area contributed by atoms with Crippen molar-refractivity contribution in [1.29, 1.82) is 0 Å². The Morgan fingerprint density at radius 3 is 2.41 bits per heavy atom. The first-order valence-electron chi connectivity index (χ1n) is 8.58. The standard InChI is InChI=1S/C20H21N3O3S/c1-22(13-14-7-9-15(27-2)10-8-14)18(24)11-12-23-20(26)17-6-4-3-5-16(17)19(25)21-23/h3-10H,11-13H2,1-2H3,(H,21,25). The fourth-order valence-corrected chi connectivity index (χ4v) is 3.30. The molecular formula is C20H21N3O3S. The van der Waals surface area contributed by atoms with Gasteiger partial charge in [-0.1, -0.05) is 24.3 Å². The number of amides is 1. The molecule has 0 saturated carbocycles. The second kappa shape index (κ2) is 8.26. The zero-order chi connectivity index (χ0) is 19.4. The second-order valence-electron chi connectivity index (χ2n) is 6.29. The van der Waals surface area contributed by atoms with E-state index in [4.69, 9.17) is 0 Å². The topological polar surface area (TPSA) is 75.2 Å². The first-order chi connectivity index (χ1) is 13.0. The van der Waals surface area contributed by atoms with E-state index in [0.717, 1.165) is 5.56 Å². The first-order valence-corrected chi connectivity index (χ1v) is 9.81. The van der Waals surface area contributed by atoms with E-state index in [-0.39, 0.29) is 30.0 Å². The zero-order valence-corrected chi connectivity index (χ0v) is 16.1. The molecule has 0 unspecified atom stereocenters. The van der Waals surface area contributed by atoms with Crippen LogP contribution in [0.15, 0.2) is 63.0 Å². The van der Waals surface area contributed by atoms with E-state index in [1.807, 2.05) is 30.5 Å². The molecule has 0 radical (unpaired) electrons. The van der Waals surface area contributed by atoms with Gasteiger partial charge in [0.15, 0.2) is 0 Å². The molecule has 0 aliphatic heterocycles. The van der Waals surface area contributed by atoms with Crippen LogP contribution in [0.1, 0.15) is 12.0 Å². The Balaban J connectivity index is 1.68. The van der Waals surface area contributed by atoms with Gasteiger partial charge in [0.25, 0.3) is 11.1 Å². The Bertz CT molecular complexity index is 1070. The van der Waals surface area contributed by atoms with Crippen LogP contribution in [0.2, 0.25) is 0 Å². The van der Waals surface area contributed by atoms with E-state index in [1.165, 1.54) is 9.58 Å². The molecule has 1 aromatic heterocycles. The molecular weight excluding hydrogens is 362 g/mol. The molecule has 1 N–H and O–H groups in total. The van der Waals surface area contributed by atoms with Crippen molar-refractivity contribution in [1.82, 2.24) is 14.7 Å². The minimum Gasteiger partial charge on any atom is -0.341 e. The molecule has 27 heavy (non-hydrogen) atoms. The minimum atomic E-state index is -0.333. The number of hydrogen-bond donors (Lipinski definition) is 1. The Morgan fingerprint density at radius 2 is 1.74 bits per heavy atom. The fourth-order valence-electron chi connectivity index (χ4n) is 2.90. The molecule has 0 aliphatic rings. The summed E-state index contributed by atoms with van der Waals surface area (Å²) in [7, 11) is 1.73. The fraction of sp³-hybridized carbons (Fsp3) is 0.250. The largest absolute Gasteiger partial charge is 0.341 e. The van der Waals surface area contributed by atoms with Crippen LogP contribution in [-0.4, -0.2) is 33.9 Å². The number of nitrogens with zero attached hydrogens (tertiary/aromatic N) is 2. The SMILES string of the molecule is CSc1ccc(CN(C)C(=O)CCn2[nH]c(=O)c3ccccc3c2=O)cc1. The van der Waals surface area contributed by atoms with Gasteiger partial charge in [0.2, 0.25) is 5.91 Å². The van der Waals surface area contributed by atoms with E-state index in [0.29, 0.717) is 17.3 Å². The lowest BCUT2D eigenvalue weighted by atomic mass is 10.2. The van der Waals surface area contributed by atoms with Crippen molar-refractivity contribution in [3.05, 3.63) is 74.8 Å². The summed E-state index contributed by atoms with van der Waals surface area (Å²) in [6.45, 7) is 0.629. The van der Waals surface area contributed by atoms with Gasteiger partial charge in [-0.05, 0) is 36.1 Å². The molecule has 0 aliphatic carbocycles. The lowest BCUT2D eigenvalue weighted by Gasteiger charge is -2.18. The summed E-state index contributed by atoms with van der Waals surface area (Å²) >= 11 is 1.67. The van der Waals surface area contributed by atoms with Gasteiger partial charge in [-0.25, -0.2) is 4.68 Å². The smallest absolute Gasteiger partial charge is 0.273 e. The third-order valence-corrected chi connectivity index (χ3v) is 5.18. The van der Waals surface area contributed by atoms with Gasteiger partial charge in [0.05, 0.1) is 17.3 Å². The molecule has 0 atom stereocenters. The van der Waals surface area contributed by atoms with Crippen LogP contribution in [0.5, 0.6) is 0 Å². The van der Waals surface area contributed by atoms with Crippen molar-refractivity contribution in [3.8, 4) is 0 Å². The lowest BCUT2D eigenvalue weighted by molar-refractivity contribution is -0.130. The molecule has 3 aromatic rings. The molecule has 6 nitrogen and oxygen atoms in total. The van der Waals surface area contributed by atoms with Gasteiger partial charge in [0, 0.05) is 24.9 Å². The normalized spacial score (nSPS) is 10.9. The van der Waals surface area contributed by atoms with Gasteiger partial charge < -0.3 is 4.90 Å². The first kappa shape index (κ1) is 19.0. The summed E-state index contributed by atoms with van der Waals surface area (Å²) in [4.78, 5) is 39.8. The van der Waals surface area contributed by atoms with E-state index in [1.54, 1.807) is 48.0 Å². The number of nitrogens with one attached hydrogen (secondary N) is 1. The van der Waals surface area contributed by atoms with Crippen LogP contribution >= 0.6 is 11.8 Å². The van der Waals surface area contributed by atoms with Crippen molar-refractivity contribution < 1.29 is 4.79 Å². The van der Waals surface area contributed by atoms with Crippen LogP contribution in [0.3, 0.4) is 0 Å². The molecule has 1 amide bonds. The average molecular weight is 383 g/mol. The molecule has 140 valence electrons. The van der Waals surface area contributed by atoms with Crippen LogP contribution in [0.4, 0.5) is 0 Å². The monoisotopic (exact) mass is 383 g/mol. The number of aryl methyl sites for hydroxylation is 1. The van der Waals surface area contributed by atoms with E-state index < -0.39 is 0 Å². The molecule has 7 heteroatoms. The van der Waals surface area contributed by atoms with E-state index >= 15 is 0 Å². The number of thioether (sulfide) groups is 1. The number of fused-ring (bicyclic) bond motifs is 1. The van der Waals surface area contributed by atoms with Gasteiger partial charge in [0.1, 0.15) is 0 Å². The highest BCUT2D eigenvalue weighted by Crippen LogP contribution is 2.15. The second-order valence-corrected chi connectivity index (χ2v) is 7.17. The molecule has 0 saturated heterocycles. The maximum absolute atomic E-state index is 12.5. The summed E-state index contributed by atoms with van der Waals surface area (Å²) < 4.78 is 1.21. The molecule has 2 aromatic carbocycles. The summed E-state index contributed by atoms with van der Waals surface area (Å²) in [5, 5.41) is 3.27. The van der Waals surface area contributed by atoms with Crippen molar-refractivity contribution in [2.75, 3.05) is 13.3 Å². The molecule has 0 spiro atoms. The summed E-state index contributed by atoms with van der Waals surface area (Å²) in [6, 6.07) is 14.7. The summed E-state index contributed by atoms with van der Waals surface area (Å²) in [6.07, 6.45) is 2.15. The highest BCUT2D eigenvalue weighted by Gasteiger charge is 2.12. The number of H-pyrrole nitrogens is 1. The number of rotatable bonds is 6. The average Bonchev–Trinajstić information content (AvgIpc) is 2.70. The highest BCUT2D eigenvalue weighted by molar-refractivity contribution is 7.98. The van der Waals surface area contributed by atoms with Crippen molar-refractivity contribution >= 4 is 28.4 Å². The van der Waals surface area contributed by atoms with Crippen molar-refractivity contribution in [2.24, 2.45) is 0 Å².